The number of hydrogen-bond acceptors (Lipinski definition) is 7. The number of carbonyl (C=O) groups is 3. The molecular weight excluding hydrogens is 428 g/mol. The van der Waals surface area contributed by atoms with Crippen LogP contribution in [0.15, 0.2) is 29.1 Å². The lowest BCUT2D eigenvalue weighted by Crippen LogP contribution is -2.63. The van der Waals surface area contributed by atoms with Crippen LogP contribution < -0.4 is 11.1 Å². The Kier molecular flexibility index (Phi) is 7.61. The molecule has 7 nitrogen and oxygen atoms in total. The Hall–Kier alpha value is -2.72. The van der Waals surface area contributed by atoms with Crippen LogP contribution >= 0.6 is 11.3 Å². The summed E-state index contributed by atoms with van der Waals surface area (Å²) in [6, 6.07) is 1.56. The van der Waals surface area contributed by atoms with Gasteiger partial charge in [-0.1, -0.05) is 0 Å². The molecule has 2 rings (SSSR count). The minimum atomic E-state index is -2.08. The van der Waals surface area contributed by atoms with Gasteiger partial charge in [-0.15, -0.1) is 11.3 Å². The topological polar surface area (TPSA) is 111 Å². The lowest BCUT2D eigenvalue weighted by Gasteiger charge is -2.31. The van der Waals surface area contributed by atoms with Gasteiger partial charge in [-0.05, 0) is 45.4 Å². The number of carbonyl (C=O) groups excluding carboxylic acids is 3. The van der Waals surface area contributed by atoms with Gasteiger partial charge in [0.1, 0.15) is 17.2 Å². The smallest absolute Gasteiger partial charge is 0.334 e. The molecule has 0 aliphatic carbocycles. The van der Waals surface area contributed by atoms with E-state index in [4.69, 9.17) is 10.5 Å². The van der Waals surface area contributed by atoms with E-state index < -0.39 is 46.5 Å². The summed E-state index contributed by atoms with van der Waals surface area (Å²) in [5.41, 5.74) is 5.34. The third-order valence-corrected chi connectivity index (χ3v) is 4.84. The fraction of sp³-hybridized carbons (Fsp3) is 0.429. The van der Waals surface area contributed by atoms with Gasteiger partial charge in [0, 0.05) is 17.9 Å². The second kappa shape index (κ2) is 9.61. The molecule has 1 aromatic carbocycles. The van der Waals surface area contributed by atoms with Crippen molar-refractivity contribution in [3.05, 3.63) is 52.0 Å². The van der Waals surface area contributed by atoms with Crippen molar-refractivity contribution in [2.75, 3.05) is 0 Å². The standard InChI is InChI=1S/C21H25F2N3O4S/c1-12(26-17(27)7-13-5-14(22)8-15(23)6-13)18(28)21(24,9-16-10-31-11-25-16)19(29)30-20(2,3)4/h5-6,8,10-12H,7,9,24H2,1-4H3,(H,26,27)/t12-,21-/m0/s1. The van der Waals surface area contributed by atoms with Crippen molar-refractivity contribution >= 4 is 29.0 Å². The van der Waals surface area contributed by atoms with E-state index in [9.17, 15) is 23.2 Å². The summed E-state index contributed by atoms with van der Waals surface area (Å²) in [5.74, 6) is -4.01. The molecule has 10 heteroatoms. The average Bonchev–Trinajstić information content (AvgIpc) is 3.11. The van der Waals surface area contributed by atoms with Crippen molar-refractivity contribution in [1.82, 2.24) is 10.3 Å². The minimum absolute atomic E-state index is 0.100. The number of halogens is 2. The number of esters is 1. The van der Waals surface area contributed by atoms with Gasteiger partial charge in [-0.25, -0.2) is 18.6 Å². The summed E-state index contributed by atoms with van der Waals surface area (Å²) in [5, 5.41) is 4.08. The third kappa shape index (κ3) is 6.90. The number of aromatic nitrogens is 1. The molecule has 1 amide bonds. The minimum Gasteiger partial charge on any atom is -0.458 e. The Morgan fingerprint density at radius 3 is 2.32 bits per heavy atom. The van der Waals surface area contributed by atoms with E-state index in [0.29, 0.717) is 11.8 Å². The molecule has 0 spiro atoms. The molecule has 0 aliphatic heterocycles. The highest BCUT2D eigenvalue weighted by atomic mass is 32.1. The zero-order chi connectivity index (χ0) is 23.4. The van der Waals surface area contributed by atoms with Gasteiger partial charge < -0.3 is 15.8 Å². The molecule has 0 saturated heterocycles. The first-order valence-corrected chi connectivity index (χ1v) is 10.4. The third-order valence-electron chi connectivity index (χ3n) is 4.20. The number of rotatable bonds is 8. The highest BCUT2D eigenvalue weighted by molar-refractivity contribution is 7.07. The van der Waals surface area contributed by atoms with Crippen LogP contribution in [0.25, 0.3) is 0 Å². The molecule has 0 fully saturated rings. The Morgan fingerprint density at radius 2 is 1.81 bits per heavy atom. The summed E-state index contributed by atoms with van der Waals surface area (Å²) in [6.07, 6.45) is -0.568. The molecule has 2 aromatic rings. The monoisotopic (exact) mass is 453 g/mol. The van der Waals surface area contributed by atoms with Crippen LogP contribution in [0, 0.1) is 11.6 Å². The van der Waals surface area contributed by atoms with E-state index in [0.717, 1.165) is 12.1 Å². The number of amides is 1. The SMILES string of the molecule is C[C@H](NC(=O)Cc1cc(F)cc(F)c1)C(=O)[C@@](N)(Cc1cscn1)C(=O)OC(C)(C)C. The Morgan fingerprint density at radius 1 is 1.19 bits per heavy atom. The Balaban J connectivity index is 2.18. The molecular formula is C21H25F2N3O4S. The highest BCUT2D eigenvalue weighted by Crippen LogP contribution is 2.20. The van der Waals surface area contributed by atoms with Crippen LogP contribution in [0.3, 0.4) is 0 Å². The number of nitrogens with zero attached hydrogens (tertiary/aromatic N) is 1. The number of nitrogens with two attached hydrogens (primary N) is 1. The van der Waals surface area contributed by atoms with Gasteiger partial charge in [0.2, 0.25) is 5.91 Å². The van der Waals surface area contributed by atoms with Crippen LogP contribution in [-0.2, 0) is 32.0 Å². The molecule has 3 N–H and O–H groups in total. The zero-order valence-electron chi connectivity index (χ0n) is 17.7. The van der Waals surface area contributed by atoms with Crippen molar-refractivity contribution < 1.29 is 27.9 Å². The van der Waals surface area contributed by atoms with E-state index in [1.165, 1.54) is 18.3 Å². The first-order valence-electron chi connectivity index (χ1n) is 9.48. The van der Waals surface area contributed by atoms with Crippen LogP contribution in [0.5, 0.6) is 0 Å². The van der Waals surface area contributed by atoms with Crippen LogP contribution in [0.2, 0.25) is 0 Å². The lowest BCUT2D eigenvalue weighted by molar-refractivity contribution is -0.164. The van der Waals surface area contributed by atoms with Crippen LogP contribution in [0.1, 0.15) is 39.0 Å². The molecule has 0 bridgehead atoms. The maximum absolute atomic E-state index is 13.3. The van der Waals surface area contributed by atoms with Crippen LogP contribution in [0.4, 0.5) is 8.78 Å². The van der Waals surface area contributed by atoms with Gasteiger partial charge >= 0.3 is 5.97 Å². The van der Waals surface area contributed by atoms with Crippen molar-refractivity contribution in [3.63, 3.8) is 0 Å². The first-order chi connectivity index (χ1) is 14.3. The second-order valence-electron chi connectivity index (χ2n) is 8.24. The summed E-state index contributed by atoms with van der Waals surface area (Å²) < 4.78 is 32.0. The number of hydrogen-bond donors (Lipinski definition) is 2. The number of nitrogens with one attached hydrogen (secondary N) is 1. The molecule has 0 unspecified atom stereocenters. The number of ether oxygens (including phenoxy) is 1. The predicted molar refractivity (Wildman–Crippen MR) is 111 cm³/mol. The fourth-order valence-electron chi connectivity index (χ4n) is 2.88. The molecule has 0 aliphatic rings. The maximum Gasteiger partial charge on any atom is 0.334 e. The van der Waals surface area contributed by atoms with Gasteiger partial charge in [0.05, 0.1) is 23.7 Å². The Bertz CT molecular complexity index is 940. The van der Waals surface area contributed by atoms with E-state index >= 15 is 0 Å². The van der Waals surface area contributed by atoms with Crippen molar-refractivity contribution in [3.8, 4) is 0 Å². The average molecular weight is 454 g/mol. The largest absolute Gasteiger partial charge is 0.458 e. The molecule has 0 saturated carbocycles. The number of thiazole rings is 1. The van der Waals surface area contributed by atoms with Crippen LogP contribution in [-0.4, -0.2) is 39.8 Å². The van der Waals surface area contributed by atoms with Gasteiger partial charge in [0.15, 0.2) is 11.3 Å². The summed E-state index contributed by atoms with van der Waals surface area (Å²) in [6.45, 7) is 6.30. The van der Waals surface area contributed by atoms with Crippen molar-refractivity contribution in [2.24, 2.45) is 5.73 Å². The van der Waals surface area contributed by atoms with E-state index in [1.807, 2.05) is 0 Å². The van der Waals surface area contributed by atoms with E-state index in [-0.39, 0.29) is 18.4 Å². The quantitative estimate of drug-likeness (QED) is 0.469. The number of Topliss-reactive ketones (excluding diaryl/α,β-unsaturated/α-hetero) is 1. The van der Waals surface area contributed by atoms with Gasteiger partial charge in [-0.3, -0.25) is 9.59 Å². The molecule has 31 heavy (non-hydrogen) atoms. The number of benzene rings is 1. The first kappa shape index (κ1) is 24.5. The zero-order valence-corrected chi connectivity index (χ0v) is 18.5. The number of ketones is 1. The lowest BCUT2D eigenvalue weighted by atomic mass is 9.86. The Labute approximate surface area is 183 Å². The predicted octanol–water partition coefficient (Wildman–Crippen LogP) is 2.32. The molecule has 2 atom stereocenters. The molecule has 1 heterocycles. The van der Waals surface area contributed by atoms with Gasteiger partial charge in [0.25, 0.3) is 0 Å². The maximum atomic E-state index is 13.3. The molecule has 1 aromatic heterocycles. The molecule has 168 valence electrons. The fourth-order valence-corrected chi connectivity index (χ4v) is 3.44. The summed E-state index contributed by atoms with van der Waals surface area (Å²) in [7, 11) is 0. The summed E-state index contributed by atoms with van der Waals surface area (Å²) in [4.78, 5) is 42.3. The summed E-state index contributed by atoms with van der Waals surface area (Å²) >= 11 is 1.28. The normalized spacial score (nSPS) is 14.4. The van der Waals surface area contributed by atoms with E-state index in [1.54, 1.807) is 31.7 Å². The molecule has 0 radical (unpaired) electrons. The van der Waals surface area contributed by atoms with Gasteiger partial charge in [-0.2, -0.15) is 0 Å². The second-order valence-corrected chi connectivity index (χ2v) is 8.96. The van der Waals surface area contributed by atoms with Crippen molar-refractivity contribution in [2.45, 2.75) is 57.7 Å². The van der Waals surface area contributed by atoms with E-state index in [2.05, 4.69) is 10.3 Å². The highest BCUT2D eigenvalue weighted by Gasteiger charge is 2.47. The van der Waals surface area contributed by atoms with Crippen molar-refractivity contribution in [1.29, 1.82) is 0 Å².